The summed E-state index contributed by atoms with van der Waals surface area (Å²) in [5.74, 6) is 0.140. The molecule has 1 saturated heterocycles. The Labute approximate surface area is 117 Å². The number of aliphatic carboxylic acids is 1. The number of ether oxygens (including phenoxy) is 1. The van der Waals surface area contributed by atoms with Crippen molar-refractivity contribution in [3.63, 3.8) is 0 Å². The molecule has 0 amide bonds. The second-order valence-electron chi connectivity index (χ2n) is 4.66. The minimum Gasteiger partial charge on any atom is -0.496 e. The lowest BCUT2D eigenvalue weighted by Crippen LogP contribution is -2.35. The van der Waals surface area contributed by atoms with Gasteiger partial charge >= 0.3 is 5.97 Å². The molecule has 1 N–H and O–H groups in total. The molecule has 0 spiro atoms. The first-order valence-electron chi connectivity index (χ1n) is 6.33. The van der Waals surface area contributed by atoms with Gasteiger partial charge in [-0.3, -0.25) is 9.69 Å². The van der Waals surface area contributed by atoms with E-state index in [2.05, 4.69) is 0 Å². The van der Waals surface area contributed by atoms with E-state index in [1.165, 1.54) is 0 Å². The van der Waals surface area contributed by atoms with Crippen LogP contribution in [0.2, 0.25) is 0 Å². The number of rotatable bonds is 5. The number of carboxylic acid groups (broad SMARTS) is 1. The Bertz CT molecular complexity index is 464. The standard InChI is InChI=1S/C14H19NO3S/c1-18-12-8-10(5-6-13(12)19-2)9-15-7-3-4-11(15)14(16)17/h5-6,8,11H,3-4,7,9H2,1-2H3,(H,16,17)/t11-/m0/s1. The largest absolute Gasteiger partial charge is 0.496 e. The summed E-state index contributed by atoms with van der Waals surface area (Å²) in [5.41, 5.74) is 1.10. The normalized spacial score (nSPS) is 19.6. The summed E-state index contributed by atoms with van der Waals surface area (Å²) in [6.45, 7) is 1.52. The first-order valence-corrected chi connectivity index (χ1v) is 7.56. The third-order valence-corrected chi connectivity index (χ3v) is 4.26. The van der Waals surface area contributed by atoms with E-state index in [1.54, 1.807) is 18.9 Å². The van der Waals surface area contributed by atoms with Crippen LogP contribution in [0.15, 0.2) is 23.1 Å². The van der Waals surface area contributed by atoms with Crippen LogP contribution < -0.4 is 4.74 Å². The highest BCUT2D eigenvalue weighted by Crippen LogP contribution is 2.29. The third-order valence-electron chi connectivity index (χ3n) is 3.48. The van der Waals surface area contributed by atoms with Crippen molar-refractivity contribution in [3.05, 3.63) is 23.8 Å². The molecule has 0 aliphatic carbocycles. The van der Waals surface area contributed by atoms with Crippen molar-refractivity contribution in [2.24, 2.45) is 0 Å². The SMILES string of the molecule is COc1cc(CN2CCC[C@H]2C(=O)O)ccc1SC. The molecule has 1 atom stereocenters. The van der Waals surface area contributed by atoms with Gasteiger partial charge in [-0.15, -0.1) is 11.8 Å². The molecule has 104 valence electrons. The van der Waals surface area contributed by atoms with E-state index in [1.807, 2.05) is 29.4 Å². The Balaban J connectivity index is 2.12. The van der Waals surface area contributed by atoms with Crippen LogP contribution in [0, 0.1) is 0 Å². The summed E-state index contributed by atoms with van der Waals surface area (Å²) in [4.78, 5) is 14.3. The van der Waals surface area contributed by atoms with E-state index in [9.17, 15) is 9.90 Å². The molecule has 19 heavy (non-hydrogen) atoms. The van der Waals surface area contributed by atoms with E-state index in [0.29, 0.717) is 6.54 Å². The quantitative estimate of drug-likeness (QED) is 0.840. The van der Waals surface area contributed by atoms with Crippen molar-refractivity contribution >= 4 is 17.7 Å². The molecule has 1 aliphatic heterocycles. The zero-order chi connectivity index (χ0) is 13.8. The number of hydrogen-bond donors (Lipinski definition) is 1. The number of hydrogen-bond acceptors (Lipinski definition) is 4. The second-order valence-corrected chi connectivity index (χ2v) is 5.50. The number of likely N-dealkylation sites (tertiary alicyclic amines) is 1. The van der Waals surface area contributed by atoms with Crippen LogP contribution in [0.4, 0.5) is 0 Å². The summed E-state index contributed by atoms with van der Waals surface area (Å²) >= 11 is 1.64. The third kappa shape index (κ3) is 3.22. The highest BCUT2D eigenvalue weighted by Gasteiger charge is 2.30. The van der Waals surface area contributed by atoms with Gasteiger partial charge in [0.25, 0.3) is 0 Å². The second kappa shape index (κ2) is 6.30. The Morgan fingerprint density at radius 1 is 1.58 bits per heavy atom. The molecule has 1 fully saturated rings. The molecule has 1 heterocycles. The van der Waals surface area contributed by atoms with Crippen LogP contribution in [-0.4, -0.2) is 41.9 Å². The van der Waals surface area contributed by atoms with E-state index in [0.717, 1.165) is 35.6 Å². The van der Waals surface area contributed by atoms with Crippen LogP contribution in [0.25, 0.3) is 0 Å². The van der Waals surface area contributed by atoms with E-state index >= 15 is 0 Å². The molecule has 2 rings (SSSR count). The van der Waals surface area contributed by atoms with E-state index in [4.69, 9.17) is 4.74 Å². The Hall–Kier alpha value is -1.20. The van der Waals surface area contributed by atoms with Crippen molar-refractivity contribution < 1.29 is 14.6 Å². The lowest BCUT2D eigenvalue weighted by atomic mass is 10.1. The molecule has 0 aromatic heterocycles. The van der Waals surface area contributed by atoms with Crippen molar-refractivity contribution in [1.82, 2.24) is 4.90 Å². The minimum atomic E-state index is -0.717. The van der Waals surface area contributed by atoms with Crippen molar-refractivity contribution in [3.8, 4) is 5.75 Å². The molecule has 1 aromatic rings. The van der Waals surface area contributed by atoms with Gasteiger partial charge in [0.2, 0.25) is 0 Å². The molecule has 1 aliphatic rings. The molecular formula is C14H19NO3S. The fraction of sp³-hybridized carbons (Fsp3) is 0.500. The fourth-order valence-electron chi connectivity index (χ4n) is 2.51. The molecule has 0 unspecified atom stereocenters. The molecule has 1 aromatic carbocycles. The Kier molecular flexibility index (Phi) is 4.71. The topological polar surface area (TPSA) is 49.8 Å². The van der Waals surface area contributed by atoms with Crippen LogP contribution >= 0.6 is 11.8 Å². The van der Waals surface area contributed by atoms with Crippen LogP contribution in [0.1, 0.15) is 18.4 Å². The fourth-order valence-corrected chi connectivity index (χ4v) is 3.06. The number of benzene rings is 1. The van der Waals surface area contributed by atoms with Gasteiger partial charge < -0.3 is 9.84 Å². The highest BCUT2D eigenvalue weighted by molar-refractivity contribution is 7.98. The van der Waals surface area contributed by atoms with E-state index in [-0.39, 0.29) is 6.04 Å². The average molecular weight is 281 g/mol. The monoisotopic (exact) mass is 281 g/mol. The number of methoxy groups -OCH3 is 1. The predicted molar refractivity (Wildman–Crippen MR) is 75.8 cm³/mol. The molecule has 5 heteroatoms. The summed E-state index contributed by atoms with van der Waals surface area (Å²) in [6.07, 6.45) is 3.71. The van der Waals surface area contributed by atoms with Crippen LogP contribution in [0.5, 0.6) is 5.75 Å². The van der Waals surface area contributed by atoms with Gasteiger partial charge in [-0.05, 0) is 43.3 Å². The van der Waals surface area contributed by atoms with Crippen molar-refractivity contribution in [2.75, 3.05) is 19.9 Å². The lowest BCUT2D eigenvalue weighted by molar-refractivity contribution is -0.142. The number of carboxylic acids is 1. The van der Waals surface area contributed by atoms with Gasteiger partial charge in [0.1, 0.15) is 11.8 Å². The summed E-state index contributed by atoms with van der Waals surface area (Å²) in [5, 5.41) is 9.17. The lowest BCUT2D eigenvalue weighted by Gasteiger charge is -2.21. The maximum atomic E-state index is 11.2. The van der Waals surface area contributed by atoms with Gasteiger partial charge in [0.05, 0.1) is 7.11 Å². The molecule has 0 saturated carbocycles. The Morgan fingerprint density at radius 3 is 3.00 bits per heavy atom. The molecule has 4 nitrogen and oxygen atoms in total. The number of thioether (sulfide) groups is 1. The predicted octanol–water partition coefficient (Wildman–Crippen LogP) is 2.47. The van der Waals surface area contributed by atoms with Gasteiger partial charge in [-0.25, -0.2) is 0 Å². The molecule has 0 bridgehead atoms. The van der Waals surface area contributed by atoms with Crippen LogP contribution in [-0.2, 0) is 11.3 Å². The number of carbonyl (C=O) groups is 1. The van der Waals surface area contributed by atoms with Gasteiger partial charge in [0.15, 0.2) is 0 Å². The number of nitrogens with zero attached hydrogens (tertiary/aromatic N) is 1. The van der Waals surface area contributed by atoms with E-state index < -0.39 is 5.97 Å². The smallest absolute Gasteiger partial charge is 0.320 e. The van der Waals surface area contributed by atoms with Gasteiger partial charge in [-0.1, -0.05) is 6.07 Å². The van der Waals surface area contributed by atoms with Crippen molar-refractivity contribution in [1.29, 1.82) is 0 Å². The molecule has 0 radical (unpaired) electrons. The molecular weight excluding hydrogens is 262 g/mol. The maximum Gasteiger partial charge on any atom is 0.320 e. The summed E-state index contributed by atoms with van der Waals surface area (Å²) in [7, 11) is 1.66. The van der Waals surface area contributed by atoms with Crippen LogP contribution in [0.3, 0.4) is 0 Å². The Morgan fingerprint density at radius 2 is 2.37 bits per heavy atom. The highest BCUT2D eigenvalue weighted by atomic mass is 32.2. The summed E-state index contributed by atoms with van der Waals surface area (Å²) in [6, 6.07) is 5.74. The minimum absolute atomic E-state index is 0.341. The summed E-state index contributed by atoms with van der Waals surface area (Å²) < 4.78 is 5.36. The maximum absolute atomic E-state index is 11.2. The first-order chi connectivity index (χ1) is 9.15. The average Bonchev–Trinajstić information content (AvgIpc) is 2.87. The van der Waals surface area contributed by atoms with Gasteiger partial charge in [-0.2, -0.15) is 0 Å². The van der Waals surface area contributed by atoms with Gasteiger partial charge in [0, 0.05) is 11.4 Å². The van der Waals surface area contributed by atoms with Crippen molar-refractivity contribution in [2.45, 2.75) is 30.3 Å². The zero-order valence-corrected chi connectivity index (χ0v) is 12.1. The zero-order valence-electron chi connectivity index (χ0n) is 11.3. The first kappa shape index (κ1) is 14.2.